The predicted octanol–water partition coefficient (Wildman–Crippen LogP) is 2.83. The number of nitrogens with one attached hydrogen (secondary N) is 1. The van der Waals surface area contributed by atoms with Gasteiger partial charge in [0.25, 0.3) is 0 Å². The SMILES string of the molecule is CCCCCCCCNc1nccnc1N. The molecule has 4 nitrogen and oxygen atoms in total. The van der Waals surface area contributed by atoms with Crippen LogP contribution < -0.4 is 11.1 Å². The van der Waals surface area contributed by atoms with E-state index in [1.54, 1.807) is 12.4 Å². The highest BCUT2D eigenvalue weighted by Crippen LogP contribution is 2.10. The lowest BCUT2D eigenvalue weighted by Gasteiger charge is -2.06. The normalized spacial score (nSPS) is 10.3. The number of nitrogen functional groups attached to an aromatic ring is 1. The first kappa shape index (κ1) is 12.7. The molecule has 0 fully saturated rings. The molecular weight excluding hydrogens is 200 g/mol. The van der Waals surface area contributed by atoms with Gasteiger partial charge in [-0.1, -0.05) is 39.0 Å². The molecule has 1 rings (SSSR count). The Hall–Kier alpha value is -1.32. The molecule has 1 aromatic heterocycles. The van der Waals surface area contributed by atoms with Crippen molar-refractivity contribution in [3.8, 4) is 0 Å². The standard InChI is InChI=1S/C12H22N4/c1-2-3-4-5-6-7-8-15-12-11(13)14-9-10-16-12/h9-10H,2-8H2,1H3,(H2,13,14)(H,15,16). The second-order valence-electron chi connectivity index (χ2n) is 3.98. The zero-order chi connectivity index (χ0) is 11.6. The average molecular weight is 222 g/mol. The summed E-state index contributed by atoms with van der Waals surface area (Å²) >= 11 is 0. The molecule has 1 heterocycles. The summed E-state index contributed by atoms with van der Waals surface area (Å²) in [6, 6.07) is 0. The van der Waals surface area contributed by atoms with Gasteiger partial charge in [0.05, 0.1) is 0 Å². The zero-order valence-corrected chi connectivity index (χ0v) is 10.1. The molecule has 90 valence electrons. The number of aromatic nitrogens is 2. The minimum atomic E-state index is 0.480. The van der Waals surface area contributed by atoms with Crippen LogP contribution in [-0.4, -0.2) is 16.5 Å². The molecule has 16 heavy (non-hydrogen) atoms. The molecule has 0 unspecified atom stereocenters. The Morgan fingerprint density at radius 1 is 1.06 bits per heavy atom. The van der Waals surface area contributed by atoms with Crippen molar-refractivity contribution in [3.63, 3.8) is 0 Å². The third-order valence-electron chi connectivity index (χ3n) is 2.55. The molecule has 0 atom stereocenters. The van der Waals surface area contributed by atoms with Gasteiger partial charge in [0.1, 0.15) is 0 Å². The highest BCUT2D eigenvalue weighted by molar-refractivity contribution is 5.54. The maximum absolute atomic E-state index is 5.66. The Bertz CT molecular complexity index is 288. The second kappa shape index (κ2) is 7.91. The lowest BCUT2D eigenvalue weighted by atomic mass is 10.1. The van der Waals surface area contributed by atoms with Crippen LogP contribution >= 0.6 is 0 Å². The molecular formula is C12H22N4. The van der Waals surface area contributed by atoms with Crippen LogP contribution in [0.5, 0.6) is 0 Å². The third kappa shape index (κ3) is 4.96. The van der Waals surface area contributed by atoms with Crippen molar-refractivity contribution in [2.24, 2.45) is 0 Å². The van der Waals surface area contributed by atoms with E-state index in [1.165, 1.54) is 38.5 Å². The van der Waals surface area contributed by atoms with Crippen molar-refractivity contribution >= 4 is 11.6 Å². The van der Waals surface area contributed by atoms with Crippen molar-refractivity contribution in [2.45, 2.75) is 45.4 Å². The maximum atomic E-state index is 5.66. The fourth-order valence-electron chi connectivity index (χ4n) is 1.60. The molecule has 0 aliphatic heterocycles. The van der Waals surface area contributed by atoms with Crippen LogP contribution in [0.1, 0.15) is 45.4 Å². The van der Waals surface area contributed by atoms with Crippen LogP contribution in [0.4, 0.5) is 11.6 Å². The van der Waals surface area contributed by atoms with Gasteiger partial charge in [-0.25, -0.2) is 9.97 Å². The molecule has 0 aliphatic carbocycles. The van der Waals surface area contributed by atoms with Crippen molar-refractivity contribution in [3.05, 3.63) is 12.4 Å². The van der Waals surface area contributed by atoms with Gasteiger partial charge in [0, 0.05) is 18.9 Å². The van der Waals surface area contributed by atoms with Crippen molar-refractivity contribution in [2.75, 3.05) is 17.6 Å². The minimum Gasteiger partial charge on any atom is -0.381 e. The molecule has 0 aliphatic rings. The number of hydrogen-bond donors (Lipinski definition) is 2. The monoisotopic (exact) mass is 222 g/mol. The lowest BCUT2D eigenvalue weighted by molar-refractivity contribution is 0.617. The fourth-order valence-corrected chi connectivity index (χ4v) is 1.60. The highest BCUT2D eigenvalue weighted by Gasteiger charge is 1.98. The summed E-state index contributed by atoms with van der Waals surface area (Å²) < 4.78 is 0. The van der Waals surface area contributed by atoms with E-state index in [2.05, 4.69) is 22.2 Å². The Balaban J connectivity index is 2.05. The largest absolute Gasteiger partial charge is 0.381 e. The van der Waals surface area contributed by atoms with Crippen molar-refractivity contribution < 1.29 is 0 Å². The summed E-state index contributed by atoms with van der Waals surface area (Å²) in [6.07, 6.45) is 11.0. The average Bonchev–Trinajstić information content (AvgIpc) is 2.30. The van der Waals surface area contributed by atoms with Crippen LogP contribution in [-0.2, 0) is 0 Å². The van der Waals surface area contributed by atoms with Crippen LogP contribution in [0.15, 0.2) is 12.4 Å². The summed E-state index contributed by atoms with van der Waals surface area (Å²) in [4.78, 5) is 8.10. The van der Waals surface area contributed by atoms with Gasteiger partial charge in [-0.2, -0.15) is 0 Å². The number of hydrogen-bond acceptors (Lipinski definition) is 4. The Labute approximate surface area is 97.7 Å². The molecule has 3 N–H and O–H groups in total. The van der Waals surface area contributed by atoms with Gasteiger partial charge in [-0.3, -0.25) is 0 Å². The predicted molar refractivity (Wildman–Crippen MR) is 68.3 cm³/mol. The summed E-state index contributed by atoms with van der Waals surface area (Å²) in [7, 11) is 0. The number of anilines is 2. The minimum absolute atomic E-state index is 0.480. The summed E-state index contributed by atoms with van der Waals surface area (Å²) in [5.41, 5.74) is 5.66. The molecule has 0 radical (unpaired) electrons. The zero-order valence-electron chi connectivity index (χ0n) is 10.1. The van der Waals surface area contributed by atoms with E-state index in [1.807, 2.05) is 0 Å². The van der Waals surface area contributed by atoms with E-state index in [9.17, 15) is 0 Å². The van der Waals surface area contributed by atoms with Gasteiger partial charge in [0.15, 0.2) is 11.6 Å². The molecule has 0 aromatic carbocycles. The maximum Gasteiger partial charge on any atom is 0.168 e. The summed E-state index contributed by atoms with van der Waals surface area (Å²) in [6.45, 7) is 3.16. The van der Waals surface area contributed by atoms with Crippen molar-refractivity contribution in [1.82, 2.24) is 9.97 Å². The van der Waals surface area contributed by atoms with E-state index in [0.717, 1.165) is 6.54 Å². The van der Waals surface area contributed by atoms with Gasteiger partial charge in [0.2, 0.25) is 0 Å². The third-order valence-corrected chi connectivity index (χ3v) is 2.55. The van der Waals surface area contributed by atoms with Crippen LogP contribution in [0, 0.1) is 0 Å². The highest BCUT2D eigenvalue weighted by atomic mass is 15.0. The Kier molecular flexibility index (Phi) is 6.30. The van der Waals surface area contributed by atoms with E-state index < -0.39 is 0 Å². The van der Waals surface area contributed by atoms with Crippen LogP contribution in [0.3, 0.4) is 0 Å². The lowest BCUT2D eigenvalue weighted by Crippen LogP contribution is -2.07. The molecule has 0 saturated carbocycles. The van der Waals surface area contributed by atoms with Gasteiger partial charge in [-0.05, 0) is 6.42 Å². The van der Waals surface area contributed by atoms with Gasteiger partial charge in [-0.15, -0.1) is 0 Å². The Morgan fingerprint density at radius 2 is 1.75 bits per heavy atom. The second-order valence-corrected chi connectivity index (χ2v) is 3.98. The van der Waals surface area contributed by atoms with E-state index in [-0.39, 0.29) is 0 Å². The molecule has 0 bridgehead atoms. The van der Waals surface area contributed by atoms with Crippen molar-refractivity contribution in [1.29, 1.82) is 0 Å². The molecule has 0 spiro atoms. The topological polar surface area (TPSA) is 63.8 Å². The Morgan fingerprint density at radius 3 is 2.50 bits per heavy atom. The number of rotatable bonds is 8. The number of unbranched alkanes of at least 4 members (excludes halogenated alkanes) is 5. The molecule has 1 aromatic rings. The molecule has 4 heteroatoms. The van der Waals surface area contributed by atoms with E-state index in [4.69, 9.17) is 5.73 Å². The first-order valence-electron chi connectivity index (χ1n) is 6.15. The fraction of sp³-hybridized carbons (Fsp3) is 0.667. The van der Waals surface area contributed by atoms with Crippen LogP contribution in [0.2, 0.25) is 0 Å². The molecule has 0 saturated heterocycles. The van der Waals surface area contributed by atoms with E-state index >= 15 is 0 Å². The van der Waals surface area contributed by atoms with Crippen LogP contribution in [0.25, 0.3) is 0 Å². The molecule has 0 amide bonds. The first-order valence-corrected chi connectivity index (χ1v) is 6.15. The van der Waals surface area contributed by atoms with E-state index in [0.29, 0.717) is 11.6 Å². The van der Waals surface area contributed by atoms with Gasteiger partial charge >= 0.3 is 0 Å². The smallest absolute Gasteiger partial charge is 0.168 e. The number of nitrogens with two attached hydrogens (primary N) is 1. The summed E-state index contributed by atoms with van der Waals surface area (Å²) in [5, 5.41) is 3.21. The number of nitrogens with zero attached hydrogens (tertiary/aromatic N) is 2. The first-order chi connectivity index (χ1) is 7.84. The summed E-state index contributed by atoms with van der Waals surface area (Å²) in [5.74, 6) is 1.18. The quantitative estimate of drug-likeness (QED) is 0.664. The van der Waals surface area contributed by atoms with Gasteiger partial charge < -0.3 is 11.1 Å².